The monoisotopic (exact) mass is 290 g/mol. The van der Waals surface area contributed by atoms with Gasteiger partial charge in [0.2, 0.25) is 0 Å². The highest BCUT2D eigenvalue weighted by Crippen LogP contribution is 2.18. The van der Waals surface area contributed by atoms with Crippen molar-refractivity contribution in [1.29, 1.82) is 0 Å². The van der Waals surface area contributed by atoms with E-state index >= 15 is 0 Å². The van der Waals surface area contributed by atoms with Crippen LogP contribution in [0.5, 0.6) is 5.75 Å². The Morgan fingerprint density at radius 1 is 1.15 bits per heavy atom. The third-order valence-corrected chi connectivity index (χ3v) is 2.89. The summed E-state index contributed by atoms with van der Waals surface area (Å²) in [5.74, 6) is 0.370. The molecule has 0 saturated heterocycles. The zero-order valence-electron chi connectivity index (χ0n) is 10.8. The summed E-state index contributed by atoms with van der Waals surface area (Å²) in [5, 5.41) is 3.07. The number of rotatable bonds is 6. The lowest BCUT2D eigenvalue weighted by Gasteiger charge is -2.12. The average Bonchev–Trinajstić information content (AvgIpc) is 2.44. The van der Waals surface area contributed by atoms with E-state index in [0.717, 1.165) is 5.75 Å². The van der Waals surface area contributed by atoms with Crippen LogP contribution in [0.3, 0.4) is 0 Å². The molecular formula is C15H15FN2OS. The average molecular weight is 290 g/mol. The van der Waals surface area contributed by atoms with Crippen LogP contribution in [0, 0.1) is 5.82 Å². The molecule has 2 aromatic carbocycles. The second kappa shape index (κ2) is 6.86. The highest BCUT2D eigenvalue weighted by Gasteiger charge is 2.10. The number of hydrogen-bond acceptors (Lipinski definition) is 3. The van der Waals surface area contributed by atoms with Crippen LogP contribution in [-0.4, -0.2) is 18.1 Å². The van der Waals surface area contributed by atoms with Gasteiger partial charge in [-0.15, -0.1) is 0 Å². The van der Waals surface area contributed by atoms with Crippen LogP contribution in [0.25, 0.3) is 0 Å². The maximum Gasteiger partial charge on any atom is 0.135 e. The normalized spacial score (nSPS) is 10.1. The van der Waals surface area contributed by atoms with Gasteiger partial charge in [0.1, 0.15) is 23.2 Å². The van der Waals surface area contributed by atoms with Gasteiger partial charge in [-0.1, -0.05) is 36.5 Å². The van der Waals surface area contributed by atoms with Crippen molar-refractivity contribution in [3.05, 3.63) is 59.9 Å². The molecule has 0 aliphatic heterocycles. The van der Waals surface area contributed by atoms with Gasteiger partial charge in [-0.25, -0.2) is 4.39 Å². The maximum atomic E-state index is 13.6. The Bertz CT molecular complexity index is 590. The van der Waals surface area contributed by atoms with E-state index in [-0.39, 0.29) is 10.6 Å². The Labute approximate surface area is 122 Å². The largest absolute Gasteiger partial charge is 0.492 e. The van der Waals surface area contributed by atoms with Crippen molar-refractivity contribution in [2.75, 3.05) is 18.5 Å². The molecule has 0 unspecified atom stereocenters. The molecule has 5 heteroatoms. The molecule has 0 fully saturated rings. The first-order valence-electron chi connectivity index (χ1n) is 6.18. The molecular weight excluding hydrogens is 275 g/mol. The molecule has 0 aliphatic rings. The summed E-state index contributed by atoms with van der Waals surface area (Å²) in [5.41, 5.74) is 6.35. The van der Waals surface area contributed by atoms with E-state index in [1.807, 2.05) is 30.3 Å². The van der Waals surface area contributed by atoms with Crippen molar-refractivity contribution >= 4 is 22.9 Å². The van der Waals surface area contributed by atoms with E-state index in [9.17, 15) is 4.39 Å². The van der Waals surface area contributed by atoms with E-state index in [0.29, 0.717) is 18.8 Å². The number of halogens is 1. The molecule has 3 nitrogen and oxygen atoms in total. The Balaban J connectivity index is 1.92. The van der Waals surface area contributed by atoms with Gasteiger partial charge in [-0.2, -0.15) is 0 Å². The van der Waals surface area contributed by atoms with Gasteiger partial charge in [-0.3, -0.25) is 0 Å². The van der Waals surface area contributed by atoms with Crippen molar-refractivity contribution in [3.63, 3.8) is 0 Å². The van der Waals surface area contributed by atoms with Crippen molar-refractivity contribution in [2.45, 2.75) is 0 Å². The third kappa shape index (κ3) is 3.68. The Morgan fingerprint density at radius 2 is 1.90 bits per heavy atom. The minimum Gasteiger partial charge on any atom is -0.492 e. The number of nitrogens with two attached hydrogens (primary N) is 1. The lowest BCUT2D eigenvalue weighted by atomic mass is 10.1. The second-order valence-corrected chi connectivity index (χ2v) is 4.55. The molecule has 20 heavy (non-hydrogen) atoms. The van der Waals surface area contributed by atoms with Crippen LogP contribution in [0.1, 0.15) is 5.56 Å². The van der Waals surface area contributed by atoms with E-state index in [1.54, 1.807) is 12.1 Å². The molecule has 0 saturated carbocycles. The number of benzene rings is 2. The van der Waals surface area contributed by atoms with Crippen LogP contribution >= 0.6 is 12.2 Å². The van der Waals surface area contributed by atoms with Crippen molar-refractivity contribution in [2.24, 2.45) is 5.73 Å². The van der Waals surface area contributed by atoms with Gasteiger partial charge in [0.25, 0.3) is 0 Å². The minimum absolute atomic E-state index is 0.0366. The topological polar surface area (TPSA) is 47.3 Å². The summed E-state index contributed by atoms with van der Waals surface area (Å²) in [6, 6.07) is 14.2. The van der Waals surface area contributed by atoms with Crippen molar-refractivity contribution in [1.82, 2.24) is 0 Å². The molecule has 104 valence electrons. The second-order valence-electron chi connectivity index (χ2n) is 4.11. The Hall–Kier alpha value is -2.14. The van der Waals surface area contributed by atoms with Gasteiger partial charge in [0.05, 0.1) is 5.56 Å². The van der Waals surface area contributed by atoms with Gasteiger partial charge < -0.3 is 15.8 Å². The van der Waals surface area contributed by atoms with Crippen LogP contribution in [0.2, 0.25) is 0 Å². The first kappa shape index (κ1) is 14.3. The molecule has 0 bridgehead atoms. The van der Waals surface area contributed by atoms with E-state index in [1.165, 1.54) is 6.07 Å². The molecule has 3 N–H and O–H groups in total. The van der Waals surface area contributed by atoms with E-state index in [2.05, 4.69) is 5.32 Å². The van der Waals surface area contributed by atoms with Crippen LogP contribution in [-0.2, 0) is 0 Å². The predicted molar refractivity (Wildman–Crippen MR) is 82.7 cm³/mol. The number of anilines is 1. The number of thiocarbonyl (C=S) groups is 1. The van der Waals surface area contributed by atoms with Gasteiger partial charge in [0, 0.05) is 12.2 Å². The van der Waals surface area contributed by atoms with Crippen molar-refractivity contribution < 1.29 is 9.13 Å². The molecule has 0 aromatic heterocycles. The molecule has 0 aliphatic carbocycles. The predicted octanol–water partition coefficient (Wildman–Crippen LogP) is 2.95. The van der Waals surface area contributed by atoms with Gasteiger partial charge in [0.15, 0.2) is 0 Å². The standard InChI is InChI=1S/C15H15FN2OS/c16-12-7-4-8-13(14(12)15(17)20)18-9-10-19-11-5-2-1-3-6-11/h1-8,18H,9-10H2,(H2,17,20). The smallest absolute Gasteiger partial charge is 0.135 e. The number of hydrogen-bond donors (Lipinski definition) is 2. The fourth-order valence-electron chi connectivity index (χ4n) is 1.79. The zero-order chi connectivity index (χ0) is 14.4. The highest BCUT2D eigenvalue weighted by atomic mass is 32.1. The summed E-state index contributed by atoms with van der Waals surface area (Å²) in [6.07, 6.45) is 0. The Morgan fingerprint density at radius 3 is 2.60 bits per heavy atom. The molecule has 2 rings (SSSR count). The van der Waals surface area contributed by atoms with Gasteiger partial charge in [-0.05, 0) is 24.3 Å². The fourth-order valence-corrected chi connectivity index (χ4v) is 2.00. The first-order valence-corrected chi connectivity index (χ1v) is 6.59. The van der Waals surface area contributed by atoms with Crippen LogP contribution in [0.4, 0.5) is 10.1 Å². The summed E-state index contributed by atoms with van der Waals surface area (Å²) >= 11 is 4.86. The fraction of sp³-hybridized carbons (Fsp3) is 0.133. The lowest BCUT2D eigenvalue weighted by Crippen LogP contribution is -2.18. The molecule has 0 atom stereocenters. The van der Waals surface area contributed by atoms with Gasteiger partial charge >= 0.3 is 0 Å². The lowest BCUT2D eigenvalue weighted by molar-refractivity contribution is 0.333. The summed E-state index contributed by atoms with van der Waals surface area (Å²) in [6.45, 7) is 0.977. The minimum atomic E-state index is -0.425. The summed E-state index contributed by atoms with van der Waals surface area (Å²) in [4.78, 5) is 0.0366. The summed E-state index contributed by atoms with van der Waals surface area (Å²) < 4.78 is 19.2. The molecule has 0 spiro atoms. The summed E-state index contributed by atoms with van der Waals surface area (Å²) in [7, 11) is 0. The number of nitrogens with one attached hydrogen (secondary N) is 1. The number of para-hydroxylation sites is 1. The molecule has 2 aromatic rings. The highest BCUT2D eigenvalue weighted by molar-refractivity contribution is 7.80. The Kier molecular flexibility index (Phi) is 4.90. The maximum absolute atomic E-state index is 13.6. The SMILES string of the molecule is NC(=S)c1c(F)cccc1NCCOc1ccccc1. The van der Waals surface area contributed by atoms with E-state index < -0.39 is 5.82 Å². The zero-order valence-corrected chi connectivity index (χ0v) is 11.6. The molecule has 0 heterocycles. The van der Waals surface area contributed by atoms with E-state index in [4.69, 9.17) is 22.7 Å². The molecule has 0 amide bonds. The van der Waals surface area contributed by atoms with Crippen molar-refractivity contribution in [3.8, 4) is 5.75 Å². The quantitative estimate of drug-likeness (QED) is 0.634. The number of ether oxygens (including phenoxy) is 1. The van der Waals surface area contributed by atoms with Crippen LogP contribution < -0.4 is 15.8 Å². The van der Waals surface area contributed by atoms with Crippen LogP contribution in [0.15, 0.2) is 48.5 Å². The third-order valence-electron chi connectivity index (χ3n) is 2.69. The molecule has 0 radical (unpaired) electrons. The first-order chi connectivity index (χ1) is 9.68.